The fourth-order valence-corrected chi connectivity index (χ4v) is 1.79. The Balaban J connectivity index is 2.10. The average Bonchev–Trinajstić information content (AvgIpc) is 2.84. The second-order valence-corrected chi connectivity index (χ2v) is 4.75. The van der Waals surface area contributed by atoms with Gasteiger partial charge in [-0.3, -0.25) is 0 Å². The van der Waals surface area contributed by atoms with E-state index in [1.54, 1.807) is 6.92 Å². The van der Waals surface area contributed by atoms with E-state index in [0.717, 1.165) is 11.5 Å². The third-order valence-electron chi connectivity index (χ3n) is 2.32. The van der Waals surface area contributed by atoms with Crippen LogP contribution in [0.2, 0.25) is 0 Å². The zero-order valence-electron chi connectivity index (χ0n) is 11.0. The van der Waals surface area contributed by atoms with Gasteiger partial charge in [0.15, 0.2) is 0 Å². The lowest BCUT2D eigenvalue weighted by molar-refractivity contribution is 0.0512. The zero-order valence-corrected chi connectivity index (χ0v) is 12.6. The van der Waals surface area contributed by atoms with Crippen molar-refractivity contribution in [1.82, 2.24) is 15.1 Å². The summed E-state index contributed by atoms with van der Waals surface area (Å²) in [6.45, 7) is 4.24. The van der Waals surface area contributed by atoms with E-state index in [1.165, 1.54) is 6.20 Å². The van der Waals surface area contributed by atoms with Gasteiger partial charge in [0.1, 0.15) is 17.3 Å². The molecule has 0 saturated carbocycles. The van der Waals surface area contributed by atoms with Crippen LogP contribution in [-0.2, 0) is 11.3 Å². The number of esters is 1. The quantitative estimate of drug-likeness (QED) is 0.835. The molecule has 0 aliphatic heterocycles. The Morgan fingerprint density at radius 2 is 2.35 bits per heavy atom. The lowest BCUT2D eigenvalue weighted by Gasteiger charge is -2.07. The van der Waals surface area contributed by atoms with Crippen molar-refractivity contribution in [3.8, 4) is 0 Å². The van der Waals surface area contributed by atoms with Crippen LogP contribution >= 0.6 is 15.9 Å². The van der Waals surface area contributed by atoms with Crippen molar-refractivity contribution < 1.29 is 14.1 Å². The molecule has 0 atom stereocenters. The normalized spacial score (nSPS) is 10.3. The van der Waals surface area contributed by atoms with Crippen molar-refractivity contribution >= 4 is 27.7 Å². The zero-order chi connectivity index (χ0) is 14.5. The van der Waals surface area contributed by atoms with Crippen LogP contribution < -0.4 is 5.32 Å². The molecule has 2 aromatic rings. The number of hydrogen-bond donors (Lipinski definition) is 1. The Hall–Kier alpha value is -1.96. The van der Waals surface area contributed by atoms with Crippen LogP contribution in [0.15, 0.2) is 21.3 Å². The molecule has 2 aromatic heterocycles. The van der Waals surface area contributed by atoms with E-state index in [2.05, 4.69) is 36.4 Å². The van der Waals surface area contributed by atoms with Gasteiger partial charge >= 0.3 is 5.97 Å². The van der Waals surface area contributed by atoms with Crippen LogP contribution in [0.4, 0.5) is 5.82 Å². The molecule has 0 spiro atoms. The van der Waals surface area contributed by atoms with Gasteiger partial charge in [-0.05, 0) is 29.8 Å². The lowest BCUT2D eigenvalue weighted by Crippen LogP contribution is -2.12. The van der Waals surface area contributed by atoms with E-state index in [4.69, 9.17) is 9.26 Å². The second kappa shape index (κ2) is 6.47. The van der Waals surface area contributed by atoms with Crippen LogP contribution in [0, 0.1) is 6.92 Å². The molecule has 0 aliphatic rings. The molecule has 1 N–H and O–H groups in total. The van der Waals surface area contributed by atoms with E-state index in [-0.39, 0.29) is 12.4 Å². The summed E-state index contributed by atoms with van der Waals surface area (Å²) in [7, 11) is 0. The summed E-state index contributed by atoms with van der Waals surface area (Å²) in [5, 5.41) is 6.91. The molecule has 20 heavy (non-hydrogen) atoms. The number of carbonyl (C=O) groups excluding carboxylic acids is 1. The molecule has 8 heteroatoms. The lowest BCUT2D eigenvalue weighted by atomic mass is 10.4. The van der Waals surface area contributed by atoms with E-state index >= 15 is 0 Å². The third-order valence-corrected chi connectivity index (χ3v) is 2.90. The molecule has 0 amide bonds. The summed E-state index contributed by atoms with van der Waals surface area (Å²) in [5.41, 5.74) is 0.741. The Kier molecular flexibility index (Phi) is 4.67. The maximum Gasteiger partial charge on any atom is 0.376 e. The molecule has 0 aliphatic carbocycles. The van der Waals surface area contributed by atoms with Gasteiger partial charge in [0, 0.05) is 12.3 Å². The molecule has 2 heterocycles. The predicted octanol–water partition coefficient (Wildman–Crippen LogP) is 2.32. The molecule has 2 rings (SSSR count). The smallest absolute Gasteiger partial charge is 0.376 e. The highest BCUT2D eigenvalue weighted by Gasteiger charge is 2.13. The fraction of sp³-hybridized carbons (Fsp3) is 0.333. The summed E-state index contributed by atoms with van der Waals surface area (Å²) in [6, 6.07) is 1.81. The van der Waals surface area contributed by atoms with E-state index in [1.807, 2.05) is 13.0 Å². The summed E-state index contributed by atoms with van der Waals surface area (Å²) in [5.74, 6) is 0.675. The van der Waals surface area contributed by atoms with Crippen LogP contribution in [-0.4, -0.2) is 27.7 Å². The van der Waals surface area contributed by atoms with Crippen LogP contribution in [0.25, 0.3) is 0 Å². The Labute approximate surface area is 123 Å². The first kappa shape index (κ1) is 14.4. The number of carbonyl (C=O) groups is 1. The number of nitrogens with zero attached hydrogens (tertiary/aromatic N) is 3. The van der Waals surface area contributed by atoms with Gasteiger partial charge in [0.05, 0.1) is 17.6 Å². The summed E-state index contributed by atoms with van der Waals surface area (Å²) in [6.07, 6.45) is 1.50. The minimum absolute atomic E-state index is 0.00823. The SMILES string of the molecule is CCOC(=O)c1ncc(Br)c(NCc2cc(C)on2)n1. The Bertz CT molecular complexity index is 614. The molecule has 0 radical (unpaired) electrons. The third kappa shape index (κ3) is 3.53. The van der Waals surface area contributed by atoms with E-state index < -0.39 is 5.97 Å². The fourth-order valence-electron chi connectivity index (χ4n) is 1.46. The van der Waals surface area contributed by atoms with Crippen LogP contribution in [0.1, 0.15) is 29.0 Å². The first-order chi connectivity index (χ1) is 9.60. The van der Waals surface area contributed by atoms with Gasteiger partial charge in [0.2, 0.25) is 5.82 Å². The molecule has 0 unspecified atom stereocenters. The number of aromatic nitrogens is 3. The first-order valence-electron chi connectivity index (χ1n) is 5.96. The highest BCUT2D eigenvalue weighted by Crippen LogP contribution is 2.19. The second-order valence-electron chi connectivity index (χ2n) is 3.89. The number of aryl methyl sites for hydroxylation is 1. The summed E-state index contributed by atoms with van der Waals surface area (Å²) >= 11 is 3.31. The predicted molar refractivity (Wildman–Crippen MR) is 74.3 cm³/mol. The number of nitrogens with one attached hydrogen (secondary N) is 1. The van der Waals surface area contributed by atoms with E-state index in [9.17, 15) is 4.79 Å². The van der Waals surface area contributed by atoms with Crippen LogP contribution in [0.5, 0.6) is 0 Å². The molecule has 7 nitrogen and oxygen atoms in total. The Morgan fingerprint density at radius 3 is 3.00 bits per heavy atom. The monoisotopic (exact) mass is 340 g/mol. The molecule has 0 bridgehead atoms. The Morgan fingerprint density at radius 1 is 1.55 bits per heavy atom. The number of ether oxygens (including phenoxy) is 1. The summed E-state index contributed by atoms with van der Waals surface area (Å²) < 4.78 is 10.5. The average molecular weight is 341 g/mol. The van der Waals surface area contributed by atoms with Crippen molar-refractivity contribution in [2.45, 2.75) is 20.4 Å². The maximum atomic E-state index is 11.6. The van der Waals surface area contributed by atoms with Crippen molar-refractivity contribution in [3.63, 3.8) is 0 Å². The van der Waals surface area contributed by atoms with Crippen LogP contribution in [0.3, 0.4) is 0 Å². The summed E-state index contributed by atoms with van der Waals surface area (Å²) in [4.78, 5) is 19.6. The molecule has 0 fully saturated rings. The van der Waals surface area contributed by atoms with Crippen molar-refractivity contribution in [1.29, 1.82) is 0 Å². The minimum atomic E-state index is -0.555. The van der Waals surface area contributed by atoms with Gasteiger partial charge in [0.25, 0.3) is 0 Å². The molecule has 0 saturated heterocycles. The van der Waals surface area contributed by atoms with Gasteiger partial charge in [-0.15, -0.1) is 0 Å². The highest BCUT2D eigenvalue weighted by atomic mass is 79.9. The standard InChI is InChI=1S/C12H13BrN4O3/c1-3-19-12(18)11-15-6-9(13)10(16-11)14-5-8-4-7(2)20-17-8/h4,6H,3,5H2,1-2H3,(H,14,15,16). The molecule has 0 aromatic carbocycles. The van der Waals surface area contributed by atoms with Gasteiger partial charge in [-0.1, -0.05) is 5.16 Å². The van der Waals surface area contributed by atoms with Crippen molar-refractivity contribution in [2.24, 2.45) is 0 Å². The van der Waals surface area contributed by atoms with E-state index in [0.29, 0.717) is 16.8 Å². The van der Waals surface area contributed by atoms with Gasteiger partial charge in [-0.2, -0.15) is 0 Å². The van der Waals surface area contributed by atoms with Crippen molar-refractivity contribution in [3.05, 3.63) is 34.0 Å². The first-order valence-corrected chi connectivity index (χ1v) is 6.75. The van der Waals surface area contributed by atoms with Crippen molar-refractivity contribution in [2.75, 3.05) is 11.9 Å². The number of hydrogen-bond acceptors (Lipinski definition) is 7. The topological polar surface area (TPSA) is 90.1 Å². The highest BCUT2D eigenvalue weighted by molar-refractivity contribution is 9.10. The number of halogens is 1. The molecule has 106 valence electrons. The molecular weight excluding hydrogens is 328 g/mol. The van der Waals surface area contributed by atoms with Gasteiger partial charge in [-0.25, -0.2) is 14.8 Å². The number of anilines is 1. The molecular formula is C12H13BrN4O3. The maximum absolute atomic E-state index is 11.6. The number of rotatable bonds is 5. The minimum Gasteiger partial charge on any atom is -0.460 e. The van der Waals surface area contributed by atoms with Gasteiger partial charge < -0.3 is 14.6 Å². The largest absolute Gasteiger partial charge is 0.460 e.